The van der Waals surface area contributed by atoms with Gasteiger partial charge in [0, 0.05) is 0 Å². The van der Waals surface area contributed by atoms with Crippen molar-refractivity contribution in [2.24, 2.45) is 17.2 Å². The Morgan fingerprint density at radius 2 is 0.724 bits per heavy atom. The number of carboxylic acid groups (broad SMARTS) is 6. The molecule has 0 spiro atoms. The molecule has 0 saturated heterocycles. The van der Waals surface area contributed by atoms with Gasteiger partial charge in [-0.15, -0.1) is 0 Å². The molecule has 0 aliphatic heterocycles. The Hall–Kier alpha value is -0.897. The molecule has 0 saturated carbocycles. The SMILES string of the molecule is NC(CC(=O)O)C(=O)[O-].NC(CC(=O)O)C(=O)[O-].N[C@@H](CC(=O)O)C(=O)[O-].[K+].[Mg+2]. The van der Waals surface area contributed by atoms with Crippen LogP contribution >= 0.6 is 0 Å². The molecule has 3 atom stereocenters. The third kappa shape index (κ3) is 32.0. The minimum absolute atomic E-state index is 0. The summed E-state index contributed by atoms with van der Waals surface area (Å²) in [7, 11) is 0. The Bertz CT molecular complexity index is 486. The number of carbonyl (C=O) groups is 6. The summed E-state index contributed by atoms with van der Waals surface area (Å²) in [5, 5.41) is 53.1. The van der Waals surface area contributed by atoms with Crippen molar-refractivity contribution in [3.05, 3.63) is 0 Å². The minimum atomic E-state index is -1.54. The van der Waals surface area contributed by atoms with Gasteiger partial charge in [-0.25, -0.2) is 0 Å². The number of hydrogen-bond donors (Lipinski definition) is 6. The van der Waals surface area contributed by atoms with Gasteiger partial charge in [-0.1, -0.05) is 0 Å². The molecule has 2 unspecified atom stereocenters. The number of rotatable bonds is 9. The molecule has 0 radical (unpaired) electrons. The van der Waals surface area contributed by atoms with Crippen LogP contribution in [0.15, 0.2) is 0 Å². The van der Waals surface area contributed by atoms with Crippen molar-refractivity contribution < 1.29 is 111 Å². The zero-order valence-corrected chi connectivity index (χ0v) is 19.8. The van der Waals surface area contributed by atoms with Gasteiger partial charge in [-0.3, -0.25) is 14.4 Å². The Morgan fingerprint density at radius 3 is 0.759 bits per heavy atom. The van der Waals surface area contributed by atoms with Crippen molar-refractivity contribution in [3.63, 3.8) is 0 Å². The van der Waals surface area contributed by atoms with Crippen molar-refractivity contribution in [1.82, 2.24) is 0 Å². The van der Waals surface area contributed by atoms with Gasteiger partial charge >= 0.3 is 92.3 Å². The van der Waals surface area contributed by atoms with Gasteiger partial charge < -0.3 is 62.2 Å². The summed E-state index contributed by atoms with van der Waals surface area (Å²) in [6, 6.07) is -4.20. The summed E-state index contributed by atoms with van der Waals surface area (Å²) in [5.41, 5.74) is 14.3. The summed E-state index contributed by atoms with van der Waals surface area (Å²) in [6.45, 7) is 0. The molecule has 0 aromatic rings. The van der Waals surface area contributed by atoms with E-state index in [1.165, 1.54) is 0 Å². The molecular weight excluding hydrogens is 442 g/mol. The number of hydrogen-bond acceptors (Lipinski definition) is 12. The van der Waals surface area contributed by atoms with Crippen LogP contribution < -0.4 is 83.9 Å². The quantitative estimate of drug-likeness (QED) is 0.174. The standard InChI is InChI=1S/3C4H7NO4.K.Mg/c3*5-2(4(8)9)1-3(6)7;;/h3*2H,1,5H2,(H,6,7)(H,8,9);;/q;;;+1;+2/p-3/t2-;;;;/m0..../s1. The first-order valence-electron chi connectivity index (χ1n) is 6.66. The summed E-state index contributed by atoms with van der Waals surface area (Å²) < 4.78 is 0. The van der Waals surface area contributed by atoms with Crippen molar-refractivity contribution in [3.8, 4) is 0 Å². The summed E-state index contributed by atoms with van der Waals surface area (Å²) in [5.74, 6) is -8.36. The average molecular weight is 460 g/mol. The molecule has 0 amide bonds. The Balaban J connectivity index is -0.0000000960. The second kappa shape index (κ2) is 21.8. The van der Waals surface area contributed by atoms with Gasteiger partial charge in [0.25, 0.3) is 0 Å². The van der Waals surface area contributed by atoms with E-state index in [1.807, 2.05) is 0 Å². The second-order valence-electron chi connectivity index (χ2n) is 4.57. The monoisotopic (exact) mass is 459 g/mol. The molecule has 9 N–H and O–H groups in total. The van der Waals surface area contributed by atoms with Gasteiger partial charge in [-0.2, -0.15) is 0 Å². The Kier molecular flexibility index (Phi) is 29.1. The number of aliphatic carboxylic acids is 6. The molecule has 0 aromatic carbocycles. The minimum Gasteiger partial charge on any atom is -0.548 e. The van der Waals surface area contributed by atoms with Crippen LogP contribution in [0.2, 0.25) is 0 Å². The van der Waals surface area contributed by atoms with Crippen LogP contribution in [0.1, 0.15) is 19.3 Å². The number of carboxylic acids is 6. The molecule has 29 heavy (non-hydrogen) atoms. The van der Waals surface area contributed by atoms with Crippen LogP contribution in [-0.2, 0) is 28.8 Å². The van der Waals surface area contributed by atoms with E-state index in [2.05, 4.69) is 0 Å². The maximum Gasteiger partial charge on any atom is 2.00 e. The fraction of sp³-hybridized carbons (Fsp3) is 0.500. The Morgan fingerprint density at radius 1 is 0.586 bits per heavy atom. The van der Waals surface area contributed by atoms with Crippen LogP contribution in [-0.4, -0.2) is 92.3 Å². The maximum atomic E-state index is 9.74. The molecule has 0 aliphatic rings. The molecule has 15 nitrogen and oxygen atoms in total. The van der Waals surface area contributed by atoms with Crippen molar-refractivity contribution >= 4 is 58.9 Å². The number of carbonyl (C=O) groups excluding carboxylic acids is 3. The maximum absolute atomic E-state index is 9.74. The first-order chi connectivity index (χ1) is 12.1. The average Bonchev–Trinajstić information content (AvgIpc) is 2.46. The zero-order valence-electron chi connectivity index (χ0n) is 15.3. The molecule has 17 heteroatoms. The molecule has 0 bridgehead atoms. The summed E-state index contributed by atoms with van der Waals surface area (Å²) in [6.07, 6.45) is -1.78. The van der Waals surface area contributed by atoms with E-state index in [0.29, 0.717) is 0 Å². The molecule has 156 valence electrons. The van der Waals surface area contributed by atoms with Gasteiger partial charge in [0.15, 0.2) is 0 Å². The van der Waals surface area contributed by atoms with E-state index in [1.54, 1.807) is 0 Å². The van der Waals surface area contributed by atoms with Gasteiger partial charge in [0.05, 0.1) is 55.3 Å². The first kappa shape index (κ1) is 38.7. The molecule has 0 aromatic heterocycles. The smallest absolute Gasteiger partial charge is 0.548 e. The Labute approximate surface area is 222 Å². The van der Waals surface area contributed by atoms with Crippen molar-refractivity contribution in [2.45, 2.75) is 37.4 Å². The topological polar surface area (TPSA) is 310 Å². The van der Waals surface area contributed by atoms with Crippen LogP contribution in [0.5, 0.6) is 0 Å². The van der Waals surface area contributed by atoms with Crippen LogP contribution in [0.3, 0.4) is 0 Å². The number of nitrogens with two attached hydrogens (primary N) is 3. The van der Waals surface area contributed by atoms with E-state index in [0.717, 1.165) is 0 Å². The van der Waals surface area contributed by atoms with E-state index >= 15 is 0 Å². The van der Waals surface area contributed by atoms with Crippen LogP contribution in [0, 0.1) is 0 Å². The first-order valence-corrected chi connectivity index (χ1v) is 6.66. The molecular formula is C12H18KMgN3O12. The van der Waals surface area contributed by atoms with Crippen LogP contribution in [0.4, 0.5) is 0 Å². The third-order valence-corrected chi connectivity index (χ3v) is 2.09. The van der Waals surface area contributed by atoms with Crippen molar-refractivity contribution in [2.75, 3.05) is 0 Å². The molecule has 0 heterocycles. The van der Waals surface area contributed by atoms with Gasteiger partial charge in [0.1, 0.15) is 0 Å². The predicted molar refractivity (Wildman–Crippen MR) is 81.5 cm³/mol. The summed E-state index contributed by atoms with van der Waals surface area (Å²) in [4.78, 5) is 58.4. The van der Waals surface area contributed by atoms with E-state index in [9.17, 15) is 44.1 Å². The third-order valence-electron chi connectivity index (χ3n) is 2.09. The fourth-order valence-electron chi connectivity index (χ4n) is 0.814. The molecule has 0 rings (SSSR count). The van der Waals surface area contributed by atoms with Gasteiger partial charge in [0.2, 0.25) is 0 Å². The molecule has 0 aliphatic carbocycles. The van der Waals surface area contributed by atoms with E-state index in [-0.39, 0.29) is 74.4 Å². The largest absolute Gasteiger partial charge is 2.00 e. The van der Waals surface area contributed by atoms with Crippen molar-refractivity contribution in [1.29, 1.82) is 0 Å². The van der Waals surface area contributed by atoms with E-state index in [4.69, 9.17) is 32.5 Å². The predicted octanol–water partition coefficient (Wildman–Crippen LogP) is -10.8. The molecule has 0 fully saturated rings. The summed E-state index contributed by atoms with van der Waals surface area (Å²) >= 11 is 0. The second-order valence-corrected chi connectivity index (χ2v) is 4.57. The van der Waals surface area contributed by atoms with Gasteiger partial charge in [-0.05, 0) is 0 Å². The van der Waals surface area contributed by atoms with E-state index < -0.39 is 73.2 Å². The van der Waals surface area contributed by atoms with Crippen LogP contribution in [0.25, 0.3) is 0 Å². The normalized spacial score (nSPS) is 11.7. The fourth-order valence-corrected chi connectivity index (χ4v) is 0.814. The zero-order chi connectivity index (χ0) is 22.3.